The molecule has 1 aliphatic rings. The number of hydrogen-bond acceptors (Lipinski definition) is 3. The molecule has 2 heterocycles. The van der Waals surface area contributed by atoms with Crippen LogP contribution in [0.3, 0.4) is 0 Å². The number of carbonyl (C=O) groups is 1. The lowest BCUT2D eigenvalue weighted by atomic mass is 10.0. The van der Waals surface area contributed by atoms with E-state index in [1.165, 1.54) is 12.1 Å². The van der Waals surface area contributed by atoms with Gasteiger partial charge in [-0.1, -0.05) is 12.1 Å². The zero-order chi connectivity index (χ0) is 19.5. The van der Waals surface area contributed by atoms with Gasteiger partial charge in [-0.2, -0.15) is 0 Å². The summed E-state index contributed by atoms with van der Waals surface area (Å²) in [5.41, 5.74) is 1.60. The van der Waals surface area contributed by atoms with Crippen molar-refractivity contribution in [1.82, 2.24) is 14.5 Å². The predicted octanol–water partition coefficient (Wildman–Crippen LogP) is 4.12. The summed E-state index contributed by atoms with van der Waals surface area (Å²) >= 11 is 0. The monoisotopic (exact) mass is 379 g/mol. The van der Waals surface area contributed by atoms with Crippen LogP contribution in [0.15, 0.2) is 60.9 Å². The van der Waals surface area contributed by atoms with Crippen LogP contribution in [0.2, 0.25) is 0 Å². The van der Waals surface area contributed by atoms with Crippen molar-refractivity contribution in [3.8, 4) is 5.75 Å². The third kappa shape index (κ3) is 3.76. The first kappa shape index (κ1) is 18.2. The Morgan fingerprint density at radius 2 is 1.93 bits per heavy atom. The molecule has 1 unspecified atom stereocenters. The summed E-state index contributed by atoms with van der Waals surface area (Å²) in [6, 6.07) is 13.6. The van der Waals surface area contributed by atoms with Crippen LogP contribution < -0.4 is 4.74 Å². The lowest BCUT2D eigenvalue weighted by Gasteiger charge is -2.25. The van der Waals surface area contributed by atoms with Gasteiger partial charge in [0.15, 0.2) is 0 Å². The molecule has 0 aliphatic carbocycles. The average molecular weight is 379 g/mol. The molecule has 1 aromatic heterocycles. The topological polar surface area (TPSA) is 47.4 Å². The van der Waals surface area contributed by atoms with E-state index in [4.69, 9.17) is 4.74 Å². The second kappa shape index (κ2) is 7.84. The number of likely N-dealkylation sites (tertiary alicyclic amines) is 1. The van der Waals surface area contributed by atoms with Gasteiger partial charge < -0.3 is 14.2 Å². The first-order valence-electron chi connectivity index (χ1n) is 9.37. The van der Waals surface area contributed by atoms with Gasteiger partial charge in [-0.25, -0.2) is 9.37 Å². The number of rotatable bonds is 5. The molecule has 1 saturated heterocycles. The van der Waals surface area contributed by atoms with Crippen LogP contribution in [0.25, 0.3) is 0 Å². The maximum atomic E-state index is 13.2. The molecule has 3 aromatic rings. The van der Waals surface area contributed by atoms with E-state index in [9.17, 15) is 9.18 Å². The summed E-state index contributed by atoms with van der Waals surface area (Å²) in [4.78, 5) is 19.1. The van der Waals surface area contributed by atoms with Crippen LogP contribution in [0.1, 0.15) is 40.6 Å². The minimum atomic E-state index is -0.263. The number of aryl methyl sites for hydroxylation is 1. The van der Waals surface area contributed by atoms with E-state index in [0.29, 0.717) is 24.5 Å². The molecular weight excluding hydrogens is 357 g/mol. The van der Waals surface area contributed by atoms with Crippen molar-refractivity contribution in [3.63, 3.8) is 0 Å². The van der Waals surface area contributed by atoms with Gasteiger partial charge in [0.1, 0.15) is 24.0 Å². The van der Waals surface area contributed by atoms with Crippen molar-refractivity contribution < 1.29 is 13.9 Å². The third-order valence-corrected chi connectivity index (χ3v) is 5.16. The molecule has 0 bridgehead atoms. The van der Waals surface area contributed by atoms with Gasteiger partial charge in [0.2, 0.25) is 0 Å². The Hall–Kier alpha value is -3.15. The highest BCUT2D eigenvalue weighted by Gasteiger charge is 2.30. The molecule has 28 heavy (non-hydrogen) atoms. The molecule has 1 aliphatic heterocycles. The quantitative estimate of drug-likeness (QED) is 0.670. The molecule has 144 valence electrons. The number of benzene rings is 2. The Labute approximate surface area is 163 Å². The number of halogens is 1. The summed E-state index contributed by atoms with van der Waals surface area (Å²) in [5, 5.41) is 0. The molecule has 0 radical (unpaired) electrons. The Kier molecular flexibility index (Phi) is 5.10. The first-order valence-corrected chi connectivity index (χ1v) is 9.37. The smallest absolute Gasteiger partial charge is 0.254 e. The number of carbonyl (C=O) groups excluding carboxylic acids is 1. The van der Waals surface area contributed by atoms with Crippen LogP contribution in [0.4, 0.5) is 4.39 Å². The highest BCUT2D eigenvalue weighted by Crippen LogP contribution is 2.33. The summed E-state index contributed by atoms with van der Waals surface area (Å²) < 4.78 is 20.9. The molecule has 1 fully saturated rings. The summed E-state index contributed by atoms with van der Waals surface area (Å²) in [5.74, 6) is 1.25. The number of amides is 1. The Morgan fingerprint density at radius 3 is 2.61 bits per heavy atom. The van der Waals surface area contributed by atoms with Crippen molar-refractivity contribution in [2.45, 2.75) is 25.5 Å². The van der Waals surface area contributed by atoms with Crippen LogP contribution in [0, 0.1) is 5.82 Å². The van der Waals surface area contributed by atoms with E-state index in [1.54, 1.807) is 42.6 Å². The molecule has 0 spiro atoms. The molecule has 1 amide bonds. The van der Waals surface area contributed by atoms with Crippen LogP contribution in [-0.4, -0.2) is 26.9 Å². The lowest BCUT2D eigenvalue weighted by Crippen LogP contribution is -2.30. The Bertz CT molecular complexity index is 951. The molecular formula is C22H22FN3O2. The highest BCUT2D eigenvalue weighted by atomic mass is 19.1. The Balaban J connectivity index is 1.44. The maximum Gasteiger partial charge on any atom is 0.254 e. The van der Waals surface area contributed by atoms with Gasteiger partial charge in [0, 0.05) is 31.5 Å². The summed E-state index contributed by atoms with van der Waals surface area (Å²) in [6.45, 7) is 1.08. The Morgan fingerprint density at radius 1 is 1.18 bits per heavy atom. The van der Waals surface area contributed by atoms with Crippen molar-refractivity contribution in [3.05, 3.63) is 83.7 Å². The molecule has 1 atom stereocenters. The fourth-order valence-electron chi connectivity index (χ4n) is 3.58. The standard InChI is InChI=1S/C22H22FN3O2/c1-25-14-12-24-21(25)15-28-19-10-6-17(7-11-19)22(27)26-13-2-3-20(26)16-4-8-18(23)9-5-16/h4-12,14,20H,2-3,13,15H2,1H3. The van der Waals surface area contributed by atoms with Crippen LogP contribution >= 0.6 is 0 Å². The van der Waals surface area contributed by atoms with E-state index < -0.39 is 0 Å². The third-order valence-electron chi connectivity index (χ3n) is 5.16. The van der Waals surface area contributed by atoms with Gasteiger partial charge >= 0.3 is 0 Å². The first-order chi connectivity index (χ1) is 13.6. The zero-order valence-electron chi connectivity index (χ0n) is 15.7. The second-order valence-electron chi connectivity index (χ2n) is 6.98. The lowest BCUT2D eigenvalue weighted by molar-refractivity contribution is 0.0735. The number of ether oxygens (including phenoxy) is 1. The summed E-state index contributed by atoms with van der Waals surface area (Å²) in [7, 11) is 1.92. The molecule has 5 nitrogen and oxygen atoms in total. The molecule has 6 heteroatoms. The molecule has 4 rings (SSSR count). The molecule has 0 N–H and O–H groups in total. The van der Waals surface area contributed by atoms with Gasteiger partial charge in [0.25, 0.3) is 5.91 Å². The minimum absolute atomic E-state index is 0.00700. The van der Waals surface area contributed by atoms with E-state index >= 15 is 0 Å². The average Bonchev–Trinajstić information content (AvgIpc) is 3.36. The minimum Gasteiger partial charge on any atom is -0.486 e. The number of aromatic nitrogens is 2. The van der Waals surface area contributed by atoms with Gasteiger partial charge in [0.05, 0.1) is 6.04 Å². The van der Waals surface area contributed by atoms with Crippen molar-refractivity contribution in [2.24, 2.45) is 7.05 Å². The van der Waals surface area contributed by atoms with Crippen molar-refractivity contribution >= 4 is 5.91 Å². The molecule has 0 saturated carbocycles. The van der Waals surface area contributed by atoms with E-state index in [2.05, 4.69) is 4.98 Å². The fourth-order valence-corrected chi connectivity index (χ4v) is 3.58. The van der Waals surface area contributed by atoms with E-state index in [0.717, 1.165) is 24.2 Å². The maximum absolute atomic E-state index is 13.2. The number of imidazole rings is 1. The predicted molar refractivity (Wildman–Crippen MR) is 103 cm³/mol. The second-order valence-corrected chi connectivity index (χ2v) is 6.98. The van der Waals surface area contributed by atoms with Gasteiger partial charge in [-0.15, -0.1) is 0 Å². The zero-order valence-corrected chi connectivity index (χ0v) is 15.7. The normalized spacial score (nSPS) is 16.4. The SMILES string of the molecule is Cn1ccnc1COc1ccc(C(=O)N2CCCC2c2ccc(F)cc2)cc1. The largest absolute Gasteiger partial charge is 0.486 e. The van der Waals surface area contributed by atoms with Crippen LogP contribution in [0.5, 0.6) is 5.75 Å². The summed E-state index contributed by atoms with van der Waals surface area (Å²) in [6.07, 6.45) is 5.43. The van der Waals surface area contributed by atoms with E-state index in [-0.39, 0.29) is 17.8 Å². The number of nitrogens with zero attached hydrogens (tertiary/aromatic N) is 3. The van der Waals surface area contributed by atoms with Crippen LogP contribution in [-0.2, 0) is 13.7 Å². The fraction of sp³-hybridized carbons (Fsp3) is 0.273. The van der Waals surface area contributed by atoms with Crippen molar-refractivity contribution in [2.75, 3.05) is 6.54 Å². The highest BCUT2D eigenvalue weighted by molar-refractivity contribution is 5.94. The number of hydrogen-bond donors (Lipinski definition) is 0. The molecule has 2 aromatic carbocycles. The van der Waals surface area contributed by atoms with Gasteiger partial charge in [-0.3, -0.25) is 4.79 Å². The van der Waals surface area contributed by atoms with E-state index in [1.807, 2.05) is 22.7 Å². The van der Waals surface area contributed by atoms with Crippen molar-refractivity contribution in [1.29, 1.82) is 0 Å². The van der Waals surface area contributed by atoms with Gasteiger partial charge in [-0.05, 0) is 54.8 Å².